The Bertz CT molecular complexity index is 911. The average molecular weight is 374 g/mol. The summed E-state index contributed by atoms with van der Waals surface area (Å²) in [6.07, 6.45) is 1.66. The van der Waals surface area contributed by atoms with E-state index in [4.69, 9.17) is 0 Å². The van der Waals surface area contributed by atoms with Crippen molar-refractivity contribution in [3.8, 4) is 5.75 Å². The number of carbonyl (C=O) groups is 1. The number of thiazole rings is 1. The highest BCUT2D eigenvalue weighted by Crippen LogP contribution is 2.38. The van der Waals surface area contributed by atoms with Gasteiger partial charge in [-0.25, -0.2) is 4.98 Å². The first kappa shape index (κ1) is 16.9. The van der Waals surface area contributed by atoms with Crippen LogP contribution in [0.3, 0.4) is 0 Å². The Kier molecular flexibility index (Phi) is 4.55. The molecule has 4 rings (SSSR count). The third-order valence-electron chi connectivity index (χ3n) is 4.44. The molecular weight excluding hydrogens is 358 g/mol. The fourth-order valence-electron chi connectivity index (χ4n) is 3.30. The monoisotopic (exact) mass is 374 g/mol. The summed E-state index contributed by atoms with van der Waals surface area (Å²) in [7, 11) is 0. The molecule has 2 aromatic carbocycles. The first-order chi connectivity index (χ1) is 12.6. The number of ether oxygens (including phenoxy) is 1. The van der Waals surface area contributed by atoms with Crippen molar-refractivity contribution in [2.75, 3.05) is 6.54 Å². The van der Waals surface area contributed by atoms with E-state index < -0.39 is 6.61 Å². The molecule has 1 atom stereocenters. The van der Waals surface area contributed by atoms with Crippen molar-refractivity contribution in [3.63, 3.8) is 0 Å². The number of rotatable bonds is 4. The molecule has 1 fully saturated rings. The Balaban J connectivity index is 1.65. The van der Waals surface area contributed by atoms with Crippen LogP contribution in [0.5, 0.6) is 5.75 Å². The van der Waals surface area contributed by atoms with Crippen molar-refractivity contribution < 1.29 is 18.3 Å². The fraction of sp³-hybridized carbons (Fsp3) is 0.263. The summed E-state index contributed by atoms with van der Waals surface area (Å²) in [4.78, 5) is 19.4. The molecule has 0 N–H and O–H groups in total. The number of hydrogen-bond acceptors (Lipinski definition) is 4. The van der Waals surface area contributed by atoms with E-state index in [0.29, 0.717) is 6.54 Å². The summed E-state index contributed by atoms with van der Waals surface area (Å²) in [6, 6.07) is 13.8. The van der Waals surface area contributed by atoms with Crippen LogP contribution in [0, 0.1) is 0 Å². The van der Waals surface area contributed by atoms with Gasteiger partial charge in [0.2, 0.25) is 0 Å². The van der Waals surface area contributed by atoms with E-state index in [9.17, 15) is 13.6 Å². The minimum absolute atomic E-state index is 0.0950. The van der Waals surface area contributed by atoms with Gasteiger partial charge in [-0.05, 0) is 37.1 Å². The number of halogens is 2. The van der Waals surface area contributed by atoms with Crippen LogP contribution >= 0.6 is 11.3 Å². The Labute approximate surface area is 153 Å². The molecule has 1 saturated heterocycles. The standard InChI is InChI=1S/C19H16F2N2O2S/c20-19(21)25-15-9-3-1-6-12(15)18(24)23-11-5-8-14(23)17-22-13-7-2-4-10-16(13)26-17/h1-4,6-7,9-10,14,19H,5,8,11H2. The van der Waals surface area contributed by atoms with Crippen LogP contribution in [-0.4, -0.2) is 28.9 Å². The highest BCUT2D eigenvalue weighted by atomic mass is 32.1. The van der Waals surface area contributed by atoms with Gasteiger partial charge in [0.15, 0.2) is 0 Å². The van der Waals surface area contributed by atoms with Crippen molar-refractivity contribution >= 4 is 27.5 Å². The van der Waals surface area contributed by atoms with Crippen molar-refractivity contribution in [1.29, 1.82) is 0 Å². The predicted molar refractivity (Wildman–Crippen MR) is 95.7 cm³/mol. The molecule has 1 aromatic heterocycles. The topological polar surface area (TPSA) is 42.4 Å². The molecule has 2 heterocycles. The quantitative estimate of drug-likeness (QED) is 0.654. The lowest BCUT2D eigenvalue weighted by Crippen LogP contribution is -2.31. The number of hydrogen-bond donors (Lipinski definition) is 0. The van der Waals surface area contributed by atoms with E-state index in [2.05, 4.69) is 9.72 Å². The van der Waals surface area contributed by atoms with Crippen molar-refractivity contribution in [1.82, 2.24) is 9.88 Å². The van der Waals surface area contributed by atoms with E-state index in [1.807, 2.05) is 24.3 Å². The Hall–Kier alpha value is -2.54. The Morgan fingerprint density at radius 3 is 2.77 bits per heavy atom. The molecule has 1 aliphatic rings. The number of benzene rings is 2. The highest BCUT2D eigenvalue weighted by molar-refractivity contribution is 7.18. The molecule has 1 aliphatic heterocycles. The predicted octanol–water partition coefficient (Wildman–Crippen LogP) is 4.88. The summed E-state index contributed by atoms with van der Waals surface area (Å²) in [5, 5.41) is 0.879. The Morgan fingerprint density at radius 1 is 1.19 bits per heavy atom. The van der Waals surface area contributed by atoms with Crippen LogP contribution in [0.4, 0.5) is 8.78 Å². The minimum Gasteiger partial charge on any atom is -0.434 e. The first-order valence-corrected chi connectivity index (χ1v) is 9.15. The molecule has 3 aromatic rings. The molecule has 0 aliphatic carbocycles. The maximum absolute atomic E-state index is 13.0. The van der Waals surface area contributed by atoms with Crippen LogP contribution in [0.25, 0.3) is 10.2 Å². The SMILES string of the molecule is O=C(c1ccccc1OC(F)F)N1CCCC1c1nc2ccccc2s1. The smallest absolute Gasteiger partial charge is 0.387 e. The molecule has 0 bridgehead atoms. The maximum atomic E-state index is 13.0. The molecular formula is C19H16F2N2O2S. The lowest BCUT2D eigenvalue weighted by Gasteiger charge is -2.24. The van der Waals surface area contributed by atoms with Crippen molar-refractivity contribution in [2.24, 2.45) is 0 Å². The summed E-state index contributed by atoms with van der Waals surface area (Å²) in [6.45, 7) is -2.40. The minimum atomic E-state index is -2.97. The molecule has 1 unspecified atom stereocenters. The number of alkyl halides is 2. The van der Waals surface area contributed by atoms with Gasteiger partial charge < -0.3 is 9.64 Å². The summed E-state index contributed by atoms with van der Waals surface area (Å²) in [5.41, 5.74) is 1.06. The van der Waals surface area contributed by atoms with Gasteiger partial charge in [-0.2, -0.15) is 8.78 Å². The number of likely N-dealkylation sites (tertiary alicyclic amines) is 1. The maximum Gasteiger partial charge on any atom is 0.387 e. The zero-order valence-electron chi connectivity index (χ0n) is 13.8. The zero-order chi connectivity index (χ0) is 18.1. The van der Waals surface area contributed by atoms with Crippen LogP contribution < -0.4 is 4.74 Å². The van der Waals surface area contributed by atoms with Crippen LogP contribution in [-0.2, 0) is 0 Å². The van der Waals surface area contributed by atoms with Gasteiger partial charge in [0.25, 0.3) is 5.91 Å². The van der Waals surface area contributed by atoms with Crippen LogP contribution in [0.15, 0.2) is 48.5 Å². The van der Waals surface area contributed by atoms with Crippen molar-refractivity contribution in [3.05, 3.63) is 59.1 Å². The molecule has 134 valence electrons. The van der Waals surface area contributed by atoms with E-state index in [0.717, 1.165) is 28.1 Å². The van der Waals surface area contributed by atoms with Gasteiger partial charge in [-0.15, -0.1) is 11.3 Å². The van der Waals surface area contributed by atoms with E-state index in [1.165, 1.54) is 12.1 Å². The van der Waals surface area contributed by atoms with Gasteiger partial charge in [0, 0.05) is 6.54 Å². The summed E-state index contributed by atoms with van der Waals surface area (Å²) < 4.78 is 30.9. The molecule has 7 heteroatoms. The van der Waals surface area contributed by atoms with Gasteiger partial charge in [0.1, 0.15) is 10.8 Å². The van der Waals surface area contributed by atoms with Gasteiger partial charge >= 0.3 is 6.61 Å². The second kappa shape index (κ2) is 6.99. The van der Waals surface area contributed by atoms with E-state index in [1.54, 1.807) is 28.4 Å². The van der Waals surface area contributed by atoms with Gasteiger partial charge in [-0.1, -0.05) is 24.3 Å². The second-order valence-corrected chi connectivity index (χ2v) is 7.11. The number of amides is 1. The van der Waals surface area contributed by atoms with Crippen LogP contribution in [0.1, 0.15) is 34.2 Å². The molecule has 0 spiro atoms. The number of fused-ring (bicyclic) bond motifs is 1. The number of carbonyl (C=O) groups excluding carboxylic acids is 1. The number of para-hydroxylation sites is 2. The number of nitrogens with zero attached hydrogens (tertiary/aromatic N) is 2. The molecule has 0 saturated carbocycles. The van der Waals surface area contributed by atoms with E-state index in [-0.39, 0.29) is 23.3 Å². The summed E-state index contributed by atoms with van der Waals surface area (Å²) in [5.74, 6) is -0.398. The number of aromatic nitrogens is 1. The first-order valence-electron chi connectivity index (χ1n) is 8.34. The third kappa shape index (κ3) is 3.14. The highest BCUT2D eigenvalue weighted by Gasteiger charge is 2.34. The Morgan fingerprint density at radius 2 is 1.96 bits per heavy atom. The van der Waals surface area contributed by atoms with E-state index >= 15 is 0 Å². The van der Waals surface area contributed by atoms with Crippen LogP contribution in [0.2, 0.25) is 0 Å². The second-order valence-electron chi connectivity index (χ2n) is 6.05. The normalized spacial score (nSPS) is 17.2. The third-order valence-corrected chi connectivity index (χ3v) is 5.58. The van der Waals surface area contributed by atoms with Gasteiger partial charge in [-0.3, -0.25) is 4.79 Å². The molecule has 0 radical (unpaired) electrons. The molecule has 26 heavy (non-hydrogen) atoms. The average Bonchev–Trinajstić information content (AvgIpc) is 3.27. The fourth-order valence-corrected chi connectivity index (χ4v) is 4.41. The zero-order valence-corrected chi connectivity index (χ0v) is 14.6. The largest absolute Gasteiger partial charge is 0.434 e. The van der Waals surface area contributed by atoms with Crippen molar-refractivity contribution in [2.45, 2.75) is 25.5 Å². The van der Waals surface area contributed by atoms with Gasteiger partial charge in [0.05, 0.1) is 21.8 Å². The molecule has 1 amide bonds. The lowest BCUT2D eigenvalue weighted by molar-refractivity contribution is -0.0502. The lowest BCUT2D eigenvalue weighted by atomic mass is 10.1. The molecule has 4 nitrogen and oxygen atoms in total. The summed E-state index contributed by atoms with van der Waals surface area (Å²) >= 11 is 1.57.